The van der Waals surface area contributed by atoms with Crippen molar-refractivity contribution in [1.82, 2.24) is 0 Å². The van der Waals surface area contributed by atoms with Crippen molar-refractivity contribution in [2.45, 2.75) is 329 Å². The second kappa shape index (κ2) is 55.9. The highest BCUT2D eigenvalue weighted by atomic mass is 31.2. The van der Waals surface area contributed by atoms with Gasteiger partial charge in [-0.3, -0.25) is 37.3 Å². The van der Waals surface area contributed by atoms with Crippen LogP contribution in [0.1, 0.15) is 311 Å². The lowest BCUT2D eigenvalue weighted by molar-refractivity contribution is -0.161. The van der Waals surface area contributed by atoms with Crippen LogP contribution in [0.25, 0.3) is 0 Å². The number of phosphoric acid groups is 2. The van der Waals surface area contributed by atoms with Gasteiger partial charge in [-0.2, -0.15) is 0 Å². The minimum absolute atomic E-state index is 0.105. The molecule has 480 valence electrons. The van der Waals surface area contributed by atoms with Crippen molar-refractivity contribution in [2.24, 2.45) is 5.92 Å². The molecule has 0 saturated heterocycles. The Kier molecular flexibility index (Phi) is 54.6. The second-order valence-corrected chi connectivity index (χ2v) is 25.6. The largest absolute Gasteiger partial charge is 0.472 e. The van der Waals surface area contributed by atoms with Gasteiger partial charge >= 0.3 is 39.5 Å². The molecule has 0 saturated carbocycles. The Labute approximate surface area is 492 Å². The summed E-state index contributed by atoms with van der Waals surface area (Å²) in [4.78, 5) is 72.0. The van der Waals surface area contributed by atoms with Crippen molar-refractivity contribution >= 4 is 39.5 Å². The number of ether oxygens (including phenoxy) is 4. The van der Waals surface area contributed by atoms with E-state index in [1.54, 1.807) is 0 Å². The van der Waals surface area contributed by atoms with Crippen LogP contribution >= 0.6 is 15.6 Å². The lowest BCUT2D eigenvalue weighted by Gasteiger charge is -2.21. The van der Waals surface area contributed by atoms with E-state index in [1.165, 1.54) is 122 Å². The number of rotatable bonds is 62. The molecule has 81 heavy (non-hydrogen) atoms. The van der Waals surface area contributed by atoms with Crippen LogP contribution in [-0.4, -0.2) is 96.7 Å². The molecule has 19 heteroatoms. The van der Waals surface area contributed by atoms with Crippen molar-refractivity contribution in [3.63, 3.8) is 0 Å². The molecule has 3 unspecified atom stereocenters. The van der Waals surface area contributed by atoms with Crippen molar-refractivity contribution in [2.75, 3.05) is 39.6 Å². The fourth-order valence-corrected chi connectivity index (χ4v) is 10.8. The number of hydrogen-bond donors (Lipinski definition) is 3. The Morgan fingerprint density at radius 2 is 0.593 bits per heavy atom. The Hall–Kier alpha value is -1.94. The smallest absolute Gasteiger partial charge is 0.462 e. The van der Waals surface area contributed by atoms with E-state index in [2.05, 4.69) is 34.6 Å². The number of aliphatic hydroxyl groups is 1. The van der Waals surface area contributed by atoms with E-state index in [-0.39, 0.29) is 25.7 Å². The summed E-state index contributed by atoms with van der Waals surface area (Å²) in [6.07, 6.45) is 39.0. The Balaban J connectivity index is 5.22. The van der Waals surface area contributed by atoms with Gasteiger partial charge in [-0.25, -0.2) is 9.13 Å². The van der Waals surface area contributed by atoms with Crippen molar-refractivity contribution < 1.29 is 80.2 Å². The zero-order valence-corrected chi connectivity index (χ0v) is 53.7. The van der Waals surface area contributed by atoms with Gasteiger partial charge in [0.1, 0.15) is 19.3 Å². The molecule has 0 radical (unpaired) electrons. The normalized spacial score (nSPS) is 14.6. The van der Waals surface area contributed by atoms with Gasteiger partial charge in [0.25, 0.3) is 0 Å². The van der Waals surface area contributed by atoms with E-state index in [4.69, 9.17) is 37.0 Å². The third kappa shape index (κ3) is 55.7. The minimum atomic E-state index is -4.94. The molecule has 0 aromatic carbocycles. The number of hydrogen-bond acceptors (Lipinski definition) is 15. The quantitative estimate of drug-likeness (QED) is 0.0222. The van der Waals surface area contributed by atoms with E-state index in [0.717, 1.165) is 109 Å². The van der Waals surface area contributed by atoms with Gasteiger partial charge in [0.2, 0.25) is 0 Å². The van der Waals surface area contributed by atoms with Gasteiger partial charge in [0.15, 0.2) is 12.2 Å². The predicted molar refractivity (Wildman–Crippen MR) is 322 cm³/mol. The maximum atomic E-state index is 13.0. The zero-order chi connectivity index (χ0) is 59.9. The first-order valence-electron chi connectivity index (χ1n) is 32.7. The van der Waals surface area contributed by atoms with Gasteiger partial charge in [0.05, 0.1) is 26.4 Å². The average molecular weight is 1200 g/mol. The lowest BCUT2D eigenvalue weighted by Crippen LogP contribution is -2.30. The van der Waals surface area contributed by atoms with E-state index >= 15 is 0 Å². The molecule has 0 aliphatic heterocycles. The lowest BCUT2D eigenvalue weighted by atomic mass is 10.00. The minimum Gasteiger partial charge on any atom is -0.462 e. The number of carbonyl (C=O) groups is 4. The van der Waals surface area contributed by atoms with Crippen LogP contribution in [0, 0.1) is 5.92 Å². The highest BCUT2D eigenvalue weighted by Crippen LogP contribution is 2.45. The van der Waals surface area contributed by atoms with Crippen LogP contribution in [-0.2, 0) is 65.4 Å². The topological polar surface area (TPSA) is 237 Å². The number of carbonyl (C=O) groups excluding carboxylic acids is 4. The first-order chi connectivity index (χ1) is 39.1. The van der Waals surface area contributed by atoms with Crippen molar-refractivity contribution in [1.29, 1.82) is 0 Å². The molecule has 0 aliphatic rings. The van der Waals surface area contributed by atoms with Gasteiger partial charge in [-0.15, -0.1) is 0 Å². The number of unbranched alkanes of at least 4 members (excludes halogenated alkanes) is 33. The summed E-state index contributed by atoms with van der Waals surface area (Å²) >= 11 is 0. The van der Waals surface area contributed by atoms with Crippen LogP contribution in [0.5, 0.6) is 0 Å². The average Bonchev–Trinajstić information content (AvgIpc) is 3.44. The number of esters is 4. The third-order valence-corrected chi connectivity index (χ3v) is 16.5. The van der Waals surface area contributed by atoms with Crippen LogP contribution in [0.15, 0.2) is 0 Å². The maximum absolute atomic E-state index is 13.0. The monoisotopic (exact) mass is 1200 g/mol. The van der Waals surface area contributed by atoms with Crippen LogP contribution in [0.4, 0.5) is 0 Å². The molecule has 17 nitrogen and oxygen atoms in total. The zero-order valence-electron chi connectivity index (χ0n) is 51.9. The summed E-state index contributed by atoms with van der Waals surface area (Å²) in [6, 6.07) is 0. The van der Waals surface area contributed by atoms with Gasteiger partial charge in [-0.1, -0.05) is 259 Å². The molecule has 0 aromatic heterocycles. The van der Waals surface area contributed by atoms with Crippen molar-refractivity contribution in [3.05, 3.63) is 0 Å². The summed E-state index contributed by atoms with van der Waals surface area (Å²) in [7, 11) is -9.88. The first-order valence-corrected chi connectivity index (χ1v) is 35.7. The van der Waals surface area contributed by atoms with E-state index in [1.807, 2.05) is 0 Å². The Bertz CT molecular complexity index is 1590. The third-order valence-electron chi connectivity index (χ3n) is 14.6. The van der Waals surface area contributed by atoms with Gasteiger partial charge in [0, 0.05) is 25.7 Å². The molecule has 0 aromatic rings. The SMILES string of the molecule is CCCCCCCCCCCCCCCCC(=O)O[C@H](COC(=O)CCCCCCCCC(C)CC)COP(=O)(O)OC[C@@H](O)COP(=O)(O)OC[C@@H](COC(=O)CCCCCCCCCC)OC(=O)CCCCCCCCCCC. The summed E-state index contributed by atoms with van der Waals surface area (Å²) in [6.45, 7) is 7.10. The number of phosphoric ester groups is 2. The molecule has 0 aliphatic carbocycles. The fourth-order valence-electron chi connectivity index (χ4n) is 9.20. The van der Waals surface area contributed by atoms with Crippen LogP contribution < -0.4 is 0 Å². The molecule has 0 amide bonds. The van der Waals surface area contributed by atoms with Crippen LogP contribution in [0.2, 0.25) is 0 Å². The Morgan fingerprint density at radius 3 is 0.877 bits per heavy atom. The van der Waals surface area contributed by atoms with Crippen molar-refractivity contribution in [3.8, 4) is 0 Å². The summed E-state index contributed by atoms with van der Waals surface area (Å²) in [5, 5.41) is 10.5. The summed E-state index contributed by atoms with van der Waals surface area (Å²) < 4.78 is 67.8. The molecule has 3 N–H and O–H groups in total. The fraction of sp³-hybridized carbons (Fsp3) is 0.935. The summed E-state index contributed by atoms with van der Waals surface area (Å²) in [5.41, 5.74) is 0. The molecular formula is C62H120O17P2. The van der Waals surface area contributed by atoms with Gasteiger partial charge in [-0.05, 0) is 31.6 Å². The second-order valence-electron chi connectivity index (χ2n) is 22.7. The molecule has 0 rings (SSSR count). The van der Waals surface area contributed by atoms with Gasteiger partial charge < -0.3 is 33.8 Å². The Morgan fingerprint density at radius 1 is 0.346 bits per heavy atom. The molecule has 6 atom stereocenters. The summed E-state index contributed by atoms with van der Waals surface area (Å²) in [5.74, 6) is -1.41. The van der Waals surface area contributed by atoms with E-state index < -0.39 is 97.5 Å². The number of aliphatic hydroxyl groups excluding tert-OH is 1. The molecule has 0 spiro atoms. The maximum Gasteiger partial charge on any atom is 0.472 e. The molecule has 0 bridgehead atoms. The molecular weight excluding hydrogens is 1080 g/mol. The predicted octanol–water partition coefficient (Wildman–Crippen LogP) is 17.0. The standard InChI is InChI=1S/C62H120O17P2/c1-6-10-13-16-19-22-23-24-25-26-28-31-38-43-48-62(67)79-58(52-73-60(65)46-41-36-33-32-34-39-44-55(5)9-4)54-77-81(70,71)75-50-56(63)49-74-80(68,69)76-53-57(51-72-59(64)45-40-35-29-21-18-15-12-8-3)78-61(66)47-42-37-30-27-20-17-14-11-7-2/h55-58,63H,6-54H2,1-5H3,(H,68,69)(H,70,71)/t55?,56-,57+,58+/m0/s1. The highest BCUT2D eigenvalue weighted by Gasteiger charge is 2.30. The highest BCUT2D eigenvalue weighted by molar-refractivity contribution is 7.47. The first kappa shape index (κ1) is 79.1. The molecule has 0 fully saturated rings. The molecule has 0 heterocycles. The van der Waals surface area contributed by atoms with Crippen LogP contribution in [0.3, 0.4) is 0 Å². The van der Waals surface area contributed by atoms with E-state index in [0.29, 0.717) is 25.7 Å². The van der Waals surface area contributed by atoms with E-state index in [9.17, 15) is 43.2 Å².